The number of amides is 2. The van der Waals surface area contributed by atoms with Crippen molar-refractivity contribution in [1.29, 1.82) is 0 Å². The van der Waals surface area contributed by atoms with E-state index in [0.717, 1.165) is 26.1 Å². The van der Waals surface area contributed by atoms with E-state index in [1.54, 1.807) is 6.07 Å². The predicted octanol–water partition coefficient (Wildman–Crippen LogP) is 1.21. The second-order valence-corrected chi connectivity index (χ2v) is 5.39. The standard InChI is InChI=1S/C14H21N3O4/c1-10-9-16(2)6-3-7-17(10)14(20)15-8-11-4-5-12(21-11)13(18)19/h4-5,10H,3,6-9H2,1-2H3,(H,15,20)(H,18,19). The molecule has 1 aliphatic rings. The van der Waals surface area contributed by atoms with Crippen LogP contribution >= 0.6 is 0 Å². The predicted molar refractivity (Wildman–Crippen MR) is 76.2 cm³/mol. The molecule has 1 aliphatic heterocycles. The molecule has 2 N–H and O–H groups in total. The van der Waals surface area contributed by atoms with Gasteiger partial charge in [-0.15, -0.1) is 0 Å². The third-order valence-corrected chi connectivity index (χ3v) is 3.59. The molecule has 2 rings (SSSR count). The van der Waals surface area contributed by atoms with Crippen LogP contribution in [0.15, 0.2) is 16.5 Å². The fourth-order valence-corrected chi connectivity index (χ4v) is 2.53. The number of hydrogen-bond acceptors (Lipinski definition) is 4. The van der Waals surface area contributed by atoms with Gasteiger partial charge in [0.2, 0.25) is 5.76 Å². The van der Waals surface area contributed by atoms with Crippen molar-refractivity contribution < 1.29 is 19.1 Å². The lowest BCUT2D eigenvalue weighted by Crippen LogP contribution is -2.46. The Morgan fingerprint density at radius 3 is 2.86 bits per heavy atom. The minimum Gasteiger partial charge on any atom is -0.475 e. The van der Waals surface area contributed by atoms with Crippen LogP contribution < -0.4 is 5.32 Å². The van der Waals surface area contributed by atoms with Crippen LogP contribution in [0.1, 0.15) is 29.7 Å². The van der Waals surface area contributed by atoms with Crippen molar-refractivity contribution in [2.24, 2.45) is 0 Å². The summed E-state index contributed by atoms with van der Waals surface area (Å²) in [4.78, 5) is 27.0. The van der Waals surface area contributed by atoms with E-state index in [9.17, 15) is 9.59 Å². The van der Waals surface area contributed by atoms with Gasteiger partial charge in [-0.3, -0.25) is 0 Å². The zero-order valence-corrected chi connectivity index (χ0v) is 12.3. The zero-order valence-electron chi connectivity index (χ0n) is 12.3. The highest BCUT2D eigenvalue weighted by molar-refractivity contribution is 5.84. The first kappa shape index (κ1) is 15.4. The molecule has 7 heteroatoms. The SMILES string of the molecule is CC1CN(C)CCCN1C(=O)NCc1ccc(C(=O)O)o1. The number of furan rings is 1. The van der Waals surface area contributed by atoms with Crippen LogP contribution in [0.2, 0.25) is 0 Å². The van der Waals surface area contributed by atoms with Gasteiger partial charge in [-0.25, -0.2) is 9.59 Å². The molecule has 0 aromatic carbocycles. The number of nitrogens with zero attached hydrogens (tertiary/aromatic N) is 2. The van der Waals surface area contributed by atoms with Gasteiger partial charge in [-0.1, -0.05) is 0 Å². The Morgan fingerprint density at radius 2 is 2.19 bits per heavy atom. The van der Waals surface area contributed by atoms with E-state index in [-0.39, 0.29) is 24.4 Å². The summed E-state index contributed by atoms with van der Waals surface area (Å²) >= 11 is 0. The van der Waals surface area contributed by atoms with E-state index in [4.69, 9.17) is 9.52 Å². The molecule has 1 aromatic heterocycles. The first-order chi connectivity index (χ1) is 9.97. The number of nitrogens with one attached hydrogen (secondary N) is 1. The summed E-state index contributed by atoms with van der Waals surface area (Å²) in [7, 11) is 2.05. The number of aromatic carboxylic acids is 1. The van der Waals surface area contributed by atoms with Gasteiger partial charge in [0.15, 0.2) is 0 Å². The molecule has 1 saturated heterocycles. The number of rotatable bonds is 3. The Bertz CT molecular complexity index is 514. The lowest BCUT2D eigenvalue weighted by molar-refractivity contribution is 0.0660. The summed E-state index contributed by atoms with van der Waals surface area (Å²) in [6, 6.07) is 2.94. The molecule has 1 atom stereocenters. The maximum atomic E-state index is 12.2. The third kappa shape index (κ3) is 3.98. The Hall–Kier alpha value is -2.02. The topological polar surface area (TPSA) is 86.0 Å². The van der Waals surface area contributed by atoms with Crippen molar-refractivity contribution in [3.8, 4) is 0 Å². The fraction of sp³-hybridized carbons (Fsp3) is 0.571. The summed E-state index contributed by atoms with van der Waals surface area (Å²) in [6.45, 7) is 4.75. The Balaban J connectivity index is 1.89. The molecule has 2 heterocycles. The normalized spacial score (nSPS) is 20.1. The van der Waals surface area contributed by atoms with Crippen molar-refractivity contribution in [3.63, 3.8) is 0 Å². The monoisotopic (exact) mass is 295 g/mol. The van der Waals surface area contributed by atoms with Gasteiger partial charge in [0.05, 0.1) is 6.54 Å². The third-order valence-electron chi connectivity index (χ3n) is 3.59. The quantitative estimate of drug-likeness (QED) is 0.875. The van der Waals surface area contributed by atoms with E-state index in [1.165, 1.54) is 6.07 Å². The van der Waals surface area contributed by atoms with Gasteiger partial charge in [-0.05, 0) is 39.1 Å². The lowest BCUT2D eigenvalue weighted by Gasteiger charge is -2.28. The maximum absolute atomic E-state index is 12.2. The molecular formula is C14H21N3O4. The smallest absolute Gasteiger partial charge is 0.371 e. The molecule has 0 saturated carbocycles. The Morgan fingerprint density at radius 1 is 1.43 bits per heavy atom. The molecule has 0 aliphatic carbocycles. The molecule has 1 fully saturated rings. The molecule has 116 valence electrons. The lowest BCUT2D eigenvalue weighted by atomic mass is 10.3. The van der Waals surface area contributed by atoms with Crippen molar-refractivity contribution in [3.05, 3.63) is 23.7 Å². The zero-order chi connectivity index (χ0) is 15.4. The molecule has 21 heavy (non-hydrogen) atoms. The van der Waals surface area contributed by atoms with Gasteiger partial charge < -0.3 is 24.6 Å². The molecule has 0 bridgehead atoms. The van der Waals surface area contributed by atoms with E-state index in [1.807, 2.05) is 18.9 Å². The Labute approximate surface area is 123 Å². The van der Waals surface area contributed by atoms with E-state index in [0.29, 0.717) is 5.76 Å². The van der Waals surface area contributed by atoms with Gasteiger partial charge in [0, 0.05) is 19.1 Å². The first-order valence-corrected chi connectivity index (χ1v) is 7.02. The highest BCUT2D eigenvalue weighted by atomic mass is 16.4. The minimum absolute atomic E-state index is 0.121. The number of carboxylic acid groups (broad SMARTS) is 1. The average molecular weight is 295 g/mol. The highest BCUT2D eigenvalue weighted by Crippen LogP contribution is 2.10. The molecular weight excluding hydrogens is 274 g/mol. The van der Waals surface area contributed by atoms with Gasteiger partial charge in [0.25, 0.3) is 0 Å². The van der Waals surface area contributed by atoms with Crippen LogP contribution in [-0.4, -0.2) is 59.6 Å². The van der Waals surface area contributed by atoms with Crippen LogP contribution in [0, 0.1) is 0 Å². The van der Waals surface area contributed by atoms with Gasteiger partial charge >= 0.3 is 12.0 Å². The number of carbonyl (C=O) groups is 2. The second kappa shape index (κ2) is 6.62. The number of carboxylic acids is 1. The van der Waals surface area contributed by atoms with Crippen LogP contribution in [0.5, 0.6) is 0 Å². The number of hydrogen-bond donors (Lipinski definition) is 2. The first-order valence-electron chi connectivity index (χ1n) is 7.02. The molecule has 1 aromatic rings. The van der Waals surface area contributed by atoms with Crippen LogP contribution in [0.25, 0.3) is 0 Å². The summed E-state index contributed by atoms with van der Waals surface area (Å²) < 4.78 is 5.11. The van der Waals surface area contributed by atoms with Gasteiger partial charge in [-0.2, -0.15) is 0 Å². The summed E-state index contributed by atoms with van der Waals surface area (Å²) in [6.07, 6.45) is 0.943. The number of likely N-dealkylation sites (N-methyl/N-ethyl adjacent to an activating group) is 1. The van der Waals surface area contributed by atoms with Crippen molar-refractivity contribution >= 4 is 12.0 Å². The molecule has 0 radical (unpaired) electrons. The van der Waals surface area contributed by atoms with Crippen molar-refractivity contribution in [2.45, 2.75) is 25.9 Å². The van der Waals surface area contributed by atoms with Crippen molar-refractivity contribution in [2.75, 3.05) is 26.7 Å². The summed E-state index contributed by atoms with van der Waals surface area (Å²) in [5.74, 6) is -0.805. The molecule has 7 nitrogen and oxygen atoms in total. The molecule has 1 unspecified atom stereocenters. The molecule has 2 amide bonds. The average Bonchev–Trinajstić information content (AvgIpc) is 2.83. The second-order valence-electron chi connectivity index (χ2n) is 5.39. The maximum Gasteiger partial charge on any atom is 0.371 e. The summed E-state index contributed by atoms with van der Waals surface area (Å²) in [5.41, 5.74) is 0. The van der Waals surface area contributed by atoms with Gasteiger partial charge in [0.1, 0.15) is 5.76 Å². The van der Waals surface area contributed by atoms with E-state index in [2.05, 4.69) is 10.2 Å². The number of urea groups is 1. The summed E-state index contributed by atoms with van der Waals surface area (Å²) in [5, 5.41) is 11.6. The van der Waals surface area contributed by atoms with E-state index < -0.39 is 5.97 Å². The van der Waals surface area contributed by atoms with Crippen LogP contribution in [-0.2, 0) is 6.54 Å². The van der Waals surface area contributed by atoms with Crippen molar-refractivity contribution in [1.82, 2.24) is 15.1 Å². The van der Waals surface area contributed by atoms with Crippen LogP contribution in [0.3, 0.4) is 0 Å². The van der Waals surface area contributed by atoms with E-state index >= 15 is 0 Å². The fourth-order valence-electron chi connectivity index (χ4n) is 2.53. The number of carbonyl (C=O) groups excluding carboxylic acids is 1. The minimum atomic E-state index is -1.11. The van der Waals surface area contributed by atoms with Crippen LogP contribution in [0.4, 0.5) is 4.79 Å². The highest BCUT2D eigenvalue weighted by Gasteiger charge is 2.23. The molecule has 0 spiro atoms. The largest absolute Gasteiger partial charge is 0.475 e. The Kier molecular flexibility index (Phi) is 4.85.